The van der Waals surface area contributed by atoms with E-state index in [-0.39, 0.29) is 6.10 Å². The van der Waals surface area contributed by atoms with Crippen molar-refractivity contribution in [3.05, 3.63) is 12.2 Å². The third-order valence-electron chi connectivity index (χ3n) is 1.44. The van der Waals surface area contributed by atoms with E-state index in [0.29, 0.717) is 0 Å². The van der Waals surface area contributed by atoms with Gasteiger partial charge in [-0.25, -0.2) is 0 Å². The van der Waals surface area contributed by atoms with E-state index in [4.69, 9.17) is 5.11 Å². The maximum atomic E-state index is 8.93. The Hall–Kier alpha value is 0.430. The normalized spacial score (nSPS) is 14.1. The van der Waals surface area contributed by atoms with E-state index in [1.807, 2.05) is 6.92 Å². The average Bonchev–Trinajstić information content (AvgIpc) is 1.96. The van der Waals surface area contributed by atoms with Gasteiger partial charge < -0.3 is 5.11 Å². The lowest BCUT2D eigenvalue weighted by Gasteiger charge is -1.99. The highest BCUT2D eigenvalue weighted by atomic mass is 127. The van der Waals surface area contributed by atoms with Crippen LogP contribution in [0.5, 0.6) is 0 Å². The Morgan fingerprint density at radius 1 is 1.36 bits per heavy atom. The molecule has 0 radical (unpaired) electrons. The van der Waals surface area contributed by atoms with Crippen molar-refractivity contribution in [3.63, 3.8) is 0 Å². The summed E-state index contributed by atoms with van der Waals surface area (Å²) in [4.78, 5) is 0. The van der Waals surface area contributed by atoms with E-state index < -0.39 is 0 Å². The van der Waals surface area contributed by atoms with E-state index in [9.17, 15) is 0 Å². The summed E-state index contributed by atoms with van der Waals surface area (Å²) in [5.41, 5.74) is 0. The molecule has 0 aromatic carbocycles. The zero-order valence-electron chi connectivity index (χ0n) is 7.09. The summed E-state index contributed by atoms with van der Waals surface area (Å²) < 4.78 is 1.20. The Balaban J connectivity index is 3.01. The molecule has 0 spiro atoms. The summed E-state index contributed by atoms with van der Waals surface area (Å²) in [5, 5.41) is 8.93. The number of alkyl halides is 1. The third-order valence-corrected chi connectivity index (χ3v) is 2.06. The van der Waals surface area contributed by atoms with Gasteiger partial charge in [0.25, 0.3) is 0 Å². The van der Waals surface area contributed by atoms with E-state index >= 15 is 0 Å². The summed E-state index contributed by atoms with van der Waals surface area (Å²) in [6, 6.07) is 0. The van der Waals surface area contributed by atoms with Crippen molar-refractivity contribution in [1.29, 1.82) is 0 Å². The van der Waals surface area contributed by atoms with Gasteiger partial charge in [0, 0.05) is 4.43 Å². The second-order valence-corrected chi connectivity index (χ2v) is 3.81. The molecule has 1 N–H and O–H groups in total. The fraction of sp³-hybridized carbons (Fsp3) is 0.778. The van der Waals surface area contributed by atoms with Crippen LogP contribution in [-0.2, 0) is 0 Å². The van der Waals surface area contributed by atoms with Crippen molar-refractivity contribution in [2.75, 3.05) is 4.43 Å². The van der Waals surface area contributed by atoms with Crippen molar-refractivity contribution in [1.82, 2.24) is 0 Å². The fourth-order valence-corrected chi connectivity index (χ4v) is 1.19. The lowest BCUT2D eigenvalue weighted by molar-refractivity contribution is 0.182. The highest BCUT2D eigenvalue weighted by Gasteiger charge is 1.91. The Labute approximate surface area is 83.0 Å². The molecule has 0 aromatic rings. The zero-order chi connectivity index (χ0) is 8.53. The Kier molecular flexibility index (Phi) is 8.86. The summed E-state index contributed by atoms with van der Waals surface area (Å²) >= 11 is 2.37. The molecule has 0 rings (SSSR count). The lowest BCUT2D eigenvalue weighted by atomic mass is 10.1. The molecule has 0 saturated heterocycles. The molecule has 1 nitrogen and oxygen atoms in total. The second-order valence-electron chi connectivity index (χ2n) is 2.73. The second kappa shape index (κ2) is 8.53. The third kappa shape index (κ3) is 10.4. The number of halogens is 1. The minimum absolute atomic E-state index is 0.132. The van der Waals surface area contributed by atoms with Crippen LogP contribution < -0.4 is 0 Å². The van der Waals surface area contributed by atoms with Crippen LogP contribution in [0.1, 0.15) is 32.6 Å². The molecule has 0 aliphatic rings. The van der Waals surface area contributed by atoms with Crippen molar-refractivity contribution in [3.8, 4) is 0 Å². The number of allylic oxidation sites excluding steroid dienone is 2. The van der Waals surface area contributed by atoms with E-state index in [1.165, 1.54) is 10.8 Å². The number of hydrogen-bond acceptors (Lipinski definition) is 1. The molecule has 0 aromatic heterocycles. The van der Waals surface area contributed by atoms with Crippen LogP contribution in [-0.4, -0.2) is 15.6 Å². The van der Waals surface area contributed by atoms with Gasteiger partial charge in [0.15, 0.2) is 0 Å². The first-order valence-electron chi connectivity index (χ1n) is 4.16. The molecule has 1 atom stereocenters. The number of hydrogen-bond donors (Lipinski definition) is 1. The van der Waals surface area contributed by atoms with E-state index in [1.54, 1.807) is 0 Å². The van der Waals surface area contributed by atoms with Crippen molar-refractivity contribution < 1.29 is 5.11 Å². The zero-order valence-corrected chi connectivity index (χ0v) is 9.25. The number of rotatable bonds is 6. The number of aliphatic hydroxyl groups excluding tert-OH is 1. The molecule has 0 unspecified atom stereocenters. The Morgan fingerprint density at radius 2 is 2.00 bits per heavy atom. The highest BCUT2D eigenvalue weighted by Crippen LogP contribution is 2.01. The minimum atomic E-state index is -0.132. The van der Waals surface area contributed by atoms with Crippen LogP contribution in [0.25, 0.3) is 0 Å². The van der Waals surface area contributed by atoms with Crippen LogP contribution in [0, 0.1) is 0 Å². The monoisotopic (exact) mass is 268 g/mol. The molecular formula is C9H17IO. The molecule has 66 valence electrons. The van der Waals surface area contributed by atoms with Crippen LogP contribution in [0.2, 0.25) is 0 Å². The number of aliphatic hydroxyl groups is 1. The summed E-state index contributed by atoms with van der Waals surface area (Å²) in [7, 11) is 0. The molecule has 0 amide bonds. The van der Waals surface area contributed by atoms with Gasteiger partial charge in [-0.3, -0.25) is 0 Å². The Bertz CT molecular complexity index is 99.7. The summed E-state index contributed by atoms with van der Waals surface area (Å²) in [6.45, 7) is 1.84. The van der Waals surface area contributed by atoms with Gasteiger partial charge in [-0.05, 0) is 32.6 Å². The lowest BCUT2D eigenvalue weighted by Crippen LogP contribution is -1.97. The van der Waals surface area contributed by atoms with Gasteiger partial charge in [0.1, 0.15) is 0 Å². The Morgan fingerprint density at radius 3 is 2.55 bits per heavy atom. The molecular weight excluding hydrogens is 251 g/mol. The van der Waals surface area contributed by atoms with Gasteiger partial charge in [-0.2, -0.15) is 0 Å². The van der Waals surface area contributed by atoms with Crippen LogP contribution in [0.3, 0.4) is 0 Å². The molecule has 0 aliphatic heterocycles. The maximum absolute atomic E-state index is 8.93. The van der Waals surface area contributed by atoms with Crippen molar-refractivity contribution in [2.24, 2.45) is 0 Å². The topological polar surface area (TPSA) is 20.2 Å². The SMILES string of the molecule is C[C@@H](O)CCC/C=C\CCI. The molecule has 11 heavy (non-hydrogen) atoms. The standard InChI is InChI=1S/C9H17IO/c1-9(11)7-5-3-2-4-6-8-10/h2,4,9,11H,3,5-8H2,1H3/b4-2-/t9-/m1/s1. The van der Waals surface area contributed by atoms with E-state index in [2.05, 4.69) is 34.7 Å². The predicted octanol–water partition coefficient (Wildman–Crippen LogP) is 2.92. The first kappa shape index (κ1) is 11.4. The molecule has 0 aliphatic carbocycles. The van der Waals surface area contributed by atoms with Crippen LogP contribution in [0.15, 0.2) is 12.2 Å². The largest absolute Gasteiger partial charge is 0.393 e. The summed E-state index contributed by atoms with van der Waals surface area (Å²) in [6.07, 6.45) is 8.61. The highest BCUT2D eigenvalue weighted by molar-refractivity contribution is 14.1. The van der Waals surface area contributed by atoms with Gasteiger partial charge in [0.2, 0.25) is 0 Å². The maximum Gasteiger partial charge on any atom is 0.0512 e. The van der Waals surface area contributed by atoms with Gasteiger partial charge in [-0.15, -0.1) is 0 Å². The van der Waals surface area contributed by atoms with Crippen LogP contribution >= 0.6 is 22.6 Å². The van der Waals surface area contributed by atoms with E-state index in [0.717, 1.165) is 19.3 Å². The first-order valence-corrected chi connectivity index (χ1v) is 5.69. The van der Waals surface area contributed by atoms with Crippen molar-refractivity contribution in [2.45, 2.75) is 38.7 Å². The fourth-order valence-electron chi connectivity index (χ4n) is 0.830. The van der Waals surface area contributed by atoms with Gasteiger partial charge >= 0.3 is 0 Å². The predicted molar refractivity (Wildman–Crippen MR) is 58.2 cm³/mol. The smallest absolute Gasteiger partial charge is 0.0512 e. The molecule has 0 saturated carbocycles. The molecule has 0 fully saturated rings. The first-order chi connectivity index (χ1) is 5.27. The quantitative estimate of drug-likeness (QED) is 0.340. The molecule has 0 bridgehead atoms. The summed E-state index contributed by atoms with van der Waals surface area (Å²) in [5.74, 6) is 0. The minimum Gasteiger partial charge on any atom is -0.393 e. The van der Waals surface area contributed by atoms with Crippen LogP contribution in [0.4, 0.5) is 0 Å². The average molecular weight is 268 g/mol. The van der Waals surface area contributed by atoms with Gasteiger partial charge in [-0.1, -0.05) is 34.7 Å². The number of unbranched alkanes of at least 4 members (excludes halogenated alkanes) is 1. The van der Waals surface area contributed by atoms with Gasteiger partial charge in [0.05, 0.1) is 6.10 Å². The van der Waals surface area contributed by atoms with Crippen molar-refractivity contribution >= 4 is 22.6 Å². The molecule has 0 heterocycles. The molecule has 2 heteroatoms.